The van der Waals surface area contributed by atoms with Gasteiger partial charge in [-0.15, -0.1) is 0 Å². The third-order valence-electron chi connectivity index (χ3n) is 4.70. The van der Waals surface area contributed by atoms with Gasteiger partial charge in [0.2, 0.25) is 11.8 Å². The van der Waals surface area contributed by atoms with Crippen LogP contribution in [0.3, 0.4) is 0 Å². The Hall–Kier alpha value is -1.67. The van der Waals surface area contributed by atoms with Gasteiger partial charge in [0.25, 0.3) is 0 Å². The Kier molecular flexibility index (Phi) is 7.19. The van der Waals surface area contributed by atoms with Crippen LogP contribution in [0.4, 0.5) is 0 Å². The van der Waals surface area contributed by atoms with Gasteiger partial charge in [-0.25, -0.2) is 4.79 Å². The average molecular weight is 355 g/mol. The van der Waals surface area contributed by atoms with Crippen molar-refractivity contribution in [2.24, 2.45) is 11.8 Å². The van der Waals surface area contributed by atoms with Gasteiger partial charge in [-0.3, -0.25) is 14.5 Å². The highest BCUT2D eigenvalue weighted by Gasteiger charge is 2.36. The van der Waals surface area contributed by atoms with E-state index in [1.54, 1.807) is 4.90 Å². The molecule has 8 heteroatoms. The zero-order valence-electron chi connectivity index (χ0n) is 15.1. The van der Waals surface area contributed by atoms with Gasteiger partial charge in [-0.05, 0) is 12.3 Å². The molecule has 25 heavy (non-hydrogen) atoms. The molecule has 2 fully saturated rings. The normalized spacial score (nSPS) is 23.1. The van der Waals surface area contributed by atoms with E-state index < -0.39 is 17.9 Å². The number of carboxylic acid groups (broad SMARTS) is 1. The van der Waals surface area contributed by atoms with Gasteiger partial charge in [0, 0.05) is 39.1 Å². The summed E-state index contributed by atoms with van der Waals surface area (Å²) in [5.74, 6) is -1.71. The molecule has 0 bridgehead atoms. The van der Waals surface area contributed by atoms with Crippen molar-refractivity contribution in [1.29, 1.82) is 0 Å². The van der Waals surface area contributed by atoms with Crippen LogP contribution in [0.5, 0.6) is 0 Å². The van der Waals surface area contributed by atoms with E-state index in [0.29, 0.717) is 32.7 Å². The van der Waals surface area contributed by atoms with Crippen molar-refractivity contribution in [2.75, 3.05) is 45.9 Å². The lowest BCUT2D eigenvalue weighted by atomic mass is 10.0. The van der Waals surface area contributed by atoms with Crippen LogP contribution < -0.4 is 5.32 Å². The Balaban J connectivity index is 1.81. The lowest BCUT2D eigenvalue weighted by molar-refractivity contribution is -0.142. The van der Waals surface area contributed by atoms with Gasteiger partial charge in [0.05, 0.1) is 19.1 Å². The molecule has 0 aromatic carbocycles. The van der Waals surface area contributed by atoms with Gasteiger partial charge in [-0.2, -0.15) is 0 Å². The lowest BCUT2D eigenvalue weighted by Gasteiger charge is -2.28. The predicted molar refractivity (Wildman–Crippen MR) is 91.0 cm³/mol. The van der Waals surface area contributed by atoms with Crippen molar-refractivity contribution >= 4 is 17.8 Å². The molecular formula is C17H29N3O5. The monoisotopic (exact) mass is 355 g/mol. The van der Waals surface area contributed by atoms with Crippen LogP contribution in [0.2, 0.25) is 0 Å². The lowest BCUT2D eigenvalue weighted by Crippen LogP contribution is -2.45. The summed E-state index contributed by atoms with van der Waals surface area (Å²) in [6, 6.07) is -0.898. The van der Waals surface area contributed by atoms with E-state index in [1.807, 2.05) is 13.8 Å². The molecule has 2 heterocycles. The fraction of sp³-hybridized carbons (Fsp3) is 0.824. The molecule has 2 amide bonds. The summed E-state index contributed by atoms with van der Waals surface area (Å²) in [4.78, 5) is 39.7. The first kappa shape index (κ1) is 19.7. The smallest absolute Gasteiger partial charge is 0.326 e. The maximum atomic E-state index is 12.4. The molecule has 2 N–H and O–H groups in total. The van der Waals surface area contributed by atoms with E-state index in [-0.39, 0.29) is 24.2 Å². The highest BCUT2D eigenvalue weighted by molar-refractivity contribution is 5.91. The van der Waals surface area contributed by atoms with E-state index in [1.165, 1.54) is 0 Å². The molecule has 0 radical (unpaired) electrons. The number of hydrogen-bond acceptors (Lipinski definition) is 5. The highest BCUT2D eigenvalue weighted by Crippen LogP contribution is 2.18. The number of morpholine rings is 1. The van der Waals surface area contributed by atoms with Gasteiger partial charge in [-0.1, -0.05) is 13.8 Å². The zero-order chi connectivity index (χ0) is 18.4. The largest absolute Gasteiger partial charge is 0.480 e. The Morgan fingerprint density at radius 2 is 1.96 bits per heavy atom. The maximum Gasteiger partial charge on any atom is 0.326 e. The number of carbonyl (C=O) groups is 3. The summed E-state index contributed by atoms with van der Waals surface area (Å²) in [7, 11) is 0. The number of aliphatic carboxylic acids is 1. The van der Waals surface area contributed by atoms with Crippen molar-refractivity contribution < 1.29 is 24.2 Å². The second kappa shape index (κ2) is 9.15. The number of hydrogen-bond donors (Lipinski definition) is 2. The minimum absolute atomic E-state index is 0.0378. The summed E-state index contributed by atoms with van der Waals surface area (Å²) >= 11 is 0. The van der Waals surface area contributed by atoms with Crippen LogP contribution in [0.15, 0.2) is 0 Å². The molecule has 0 saturated carbocycles. The average Bonchev–Trinajstić information content (AvgIpc) is 2.94. The molecule has 2 saturated heterocycles. The molecule has 8 nitrogen and oxygen atoms in total. The molecule has 0 unspecified atom stereocenters. The zero-order valence-corrected chi connectivity index (χ0v) is 15.1. The first-order valence-corrected chi connectivity index (χ1v) is 8.98. The van der Waals surface area contributed by atoms with E-state index in [9.17, 15) is 19.5 Å². The third kappa shape index (κ3) is 5.97. The number of ether oxygens (including phenoxy) is 1. The minimum atomic E-state index is -1.03. The van der Waals surface area contributed by atoms with Gasteiger partial charge in [0.15, 0.2) is 0 Å². The SMILES string of the molecule is CC(C)C[C@H](NC(=O)[C@H]1CC(=O)N(CCN2CCOCC2)C1)C(=O)O. The summed E-state index contributed by atoms with van der Waals surface area (Å²) in [5, 5.41) is 11.8. The second-order valence-electron chi connectivity index (χ2n) is 7.22. The topological polar surface area (TPSA) is 99.2 Å². The van der Waals surface area contributed by atoms with E-state index in [0.717, 1.165) is 19.6 Å². The fourth-order valence-electron chi connectivity index (χ4n) is 3.23. The van der Waals surface area contributed by atoms with Crippen molar-refractivity contribution in [3.8, 4) is 0 Å². The minimum Gasteiger partial charge on any atom is -0.480 e. The van der Waals surface area contributed by atoms with Crippen LogP contribution in [0.1, 0.15) is 26.7 Å². The first-order valence-electron chi connectivity index (χ1n) is 8.98. The Morgan fingerprint density at radius 1 is 1.28 bits per heavy atom. The molecule has 0 aromatic heterocycles. The van der Waals surface area contributed by atoms with Gasteiger partial charge < -0.3 is 20.1 Å². The first-order chi connectivity index (χ1) is 11.9. The number of rotatable bonds is 8. The number of amides is 2. The number of nitrogens with one attached hydrogen (secondary N) is 1. The van der Waals surface area contributed by atoms with Gasteiger partial charge >= 0.3 is 5.97 Å². The van der Waals surface area contributed by atoms with Crippen LogP contribution >= 0.6 is 0 Å². The quantitative estimate of drug-likeness (QED) is 0.625. The summed E-state index contributed by atoms with van der Waals surface area (Å²) < 4.78 is 5.30. The molecule has 2 aliphatic rings. The van der Waals surface area contributed by atoms with Crippen molar-refractivity contribution in [1.82, 2.24) is 15.1 Å². The fourth-order valence-corrected chi connectivity index (χ4v) is 3.23. The predicted octanol–water partition coefficient (Wildman–Crippen LogP) is -0.217. The maximum absolute atomic E-state index is 12.4. The van der Waals surface area contributed by atoms with Crippen LogP contribution in [0.25, 0.3) is 0 Å². The van der Waals surface area contributed by atoms with Crippen molar-refractivity contribution in [3.63, 3.8) is 0 Å². The van der Waals surface area contributed by atoms with Gasteiger partial charge in [0.1, 0.15) is 6.04 Å². The molecule has 2 aliphatic heterocycles. The summed E-state index contributed by atoms with van der Waals surface area (Å²) in [6.07, 6.45) is 0.533. The standard InChI is InChI=1S/C17H29N3O5/c1-12(2)9-14(17(23)24)18-16(22)13-10-15(21)20(11-13)4-3-19-5-7-25-8-6-19/h12-14H,3-11H2,1-2H3,(H,18,22)(H,23,24)/t13-,14-/m0/s1. The number of nitrogens with zero attached hydrogens (tertiary/aromatic N) is 2. The Morgan fingerprint density at radius 3 is 2.56 bits per heavy atom. The molecule has 2 rings (SSSR count). The Labute approximate surface area is 148 Å². The molecule has 142 valence electrons. The molecular weight excluding hydrogens is 326 g/mol. The van der Waals surface area contributed by atoms with Crippen molar-refractivity contribution in [2.45, 2.75) is 32.7 Å². The summed E-state index contributed by atoms with van der Waals surface area (Å²) in [5.41, 5.74) is 0. The second-order valence-corrected chi connectivity index (χ2v) is 7.22. The van der Waals surface area contributed by atoms with Crippen molar-refractivity contribution in [3.05, 3.63) is 0 Å². The van der Waals surface area contributed by atoms with E-state index in [2.05, 4.69) is 10.2 Å². The molecule has 0 aromatic rings. The van der Waals surface area contributed by atoms with Crippen LogP contribution in [0, 0.1) is 11.8 Å². The molecule has 2 atom stereocenters. The highest BCUT2D eigenvalue weighted by atomic mass is 16.5. The van der Waals surface area contributed by atoms with E-state index in [4.69, 9.17) is 4.74 Å². The number of likely N-dealkylation sites (tertiary alicyclic amines) is 1. The van der Waals surface area contributed by atoms with Crippen LogP contribution in [-0.2, 0) is 19.1 Å². The Bertz CT molecular complexity index is 491. The summed E-state index contributed by atoms with van der Waals surface area (Å²) in [6.45, 7) is 8.71. The van der Waals surface area contributed by atoms with Crippen LogP contribution in [-0.4, -0.2) is 84.7 Å². The molecule has 0 aliphatic carbocycles. The number of carbonyl (C=O) groups excluding carboxylic acids is 2. The molecule has 0 spiro atoms. The third-order valence-corrected chi connectivity index (χ3v) is 4.70. The van der Waals surface area contributed by atoms with E-state index >= 15 is 0 Å². The number of carboxylic acids is 1.